The maximum atomic E-state index is 4.68. The van der Waals surface area contributed by atoms with Gasteiger partial charge in [-0.3, -0.25) is 48.3 Å². The summed E-state index contributed by atoms with van der Waals surface area (Å²) in [7, 11) is 16.5. The van der Waals surface area contributed by atoms with Gasteiger partial charge in [-0.15, -0.1) is 40.8 Å². The van der Waals surface area contributed by atoms with Gasteiger partial charge in [-0.25, -0.2) is 9.97 Å². The lowest BCUT2D eigenvalue weighted by Crippen LogP contribution is -2.43. The largest absolute Gasteiger partial charge is 0.354 e. The first kappa shape index (κ1) is 86.6. The summed E-state index contributed by atoms with van der Waals surface area (Å²) < 4.78 is 7.38. The molecule has 16 aromatic rings. The average Bonchev–Trinajstić information content (AvgIpc) is 1.29. The molecule has 20 rings (SSSR count). The van der Waals surface area contributed by atoms with Crippen LogP contribution in [0, 0.1) is 27.7 Å². The van der Waals surface area contributed by atoms with E-state index in [4.69, 9.17) is 0 Å². The molecule has 128 heavy (non-hydrogen) atoms. The highest BCUT2D eigenvalue weighted by Crippen LogP contribution is 2.39. The van der Waals surface area contributed by atoms with E-state index < -0.39 is 0 Å². The number of benzene rings is 4. The minimum atomic E-state index is 0.514. The summed E-state index contributed by atoms with van der Waals surface area (Å²) in [5, 5.41) is 80.0. The van der Waals surface area contributed by atoms with Crippen LogP contribution in [0.15, 0.2) is 196 Å². The lowest BCUT2D eigenvalue weighted by molar-refractivity contribution is 0.197. The Bertz CT molecular complexity index is 5670. The number of aromatic nitrogens is 24. The standard InChI is InChI=1S/4C24H28N8/c1-17-18(8-12-25-27-17)16-30(2)19-10-14-32(15-11-19)24-21-7-5-4-6-20(21)23(28-29-24)22-9-13-26-31(22)3;1-17-8-12-25-27-21(17)16-30(2)18-10-14-32(15-11-18)24-20-7-5-4-6-19(20)23(28-29-24)22-9-13-26-31(22)3;1-17-21(26-13-12-25-17)16-30(2)18-9-14-32(15-10-18)24-20-7-5-4-6-19(20)23(28-29-24)22-8-11-27-31(22)3;1-17-18(14-25-16-26-17)15-30(2)19-9-12-32(13-10-19)24-21-7-5-4-6-20(21)23(28-29-24)22-8-11-27-31(22)3/h4-9,12-13,19H,10-11,14-16H2,1-3H3;4-9,12-13,18H,10-11,14-16H2,1-3H3;4-8,11-13,18H,9-10,14-16H2,1-3H3;4-8,11,14,16,19H,9-10,12-13,15H2,1-3H3. The van der Waals surface area contributed by atoms with Gasteiger partial charge >= 0.3 is 0 Å². The third-order valence-corrected chi connectivity index (χ3v) is 26.1. The first-order chi connectivity index (χ1) is 62.5. The number of aryl methyl sites for hydroxylation is 8. The predicted octanol–water partition coefficient (Wildman–Crippen LogP) is 12.9. The fraction of sp³-hybridized carbons (Fsp3) is 0.375. The van der Waals surface area contributed by atoms with Crippen LogP contribution in [0.2, 0.25) is 0 Å². The number of hydrogen-bond acceptors (Lipinski definition) is 28. The van der Waals surface area contributed by atoms with Crippen LogP contribution in [0.25, 0.3) is 88.6 Å². The zero-order valence-electron chi connectivity index (χ0n) is 75.2. The van der Waals surface area contributed by atoms with Gasteiger partial charge in [0, 0.05) is 241 Å². The normalized spacial score (nSPS) is 15.1. The molecule has 4 aliphatic rings. The second-order valence-electron chi connectivity index (χ2n) is 34.1. The van der Waals surface area contributed by atoms with E-state index in [2.05, 4.69) is 279 Å². The van der Waals surface area contributed by atoms with Crippen LogP contribution in [0.5, 0.6) is 0 Å². The Labute approximate surface area is 746 Å². The number of nitrogens with zero attached hydrogens (tertiary/aromatic N) is 32. The summed E-state index contributed by atoms with van der Waals surface area (Å²) in [5.74, 6) is 3.89. The molecule has 0 unspecified atom stereocenters. The maximum Gasteiger partial charge on any atom is 0.159 e. The lowest BCUT2D eigenvalue weighted by atomic mass is 10.0. The van der Waals surface area contributed by atoms with E-state index in [1.54, 1.807) is 55.9 Å². The van der Waals surface area contributed by atoms with Crippen LogP contribution in [0.1, 0.15) is 96.5 Å². The Morgan fingerprint density at radius 2 is 0.609 bits per heavy atom. The second kappa shape index (κ2) is 39.5. The Hall–Kier alpha value is -13.6. The number of fused-ring (bicyclic) bond motifs is 4. The summed E-state index contributed by atoms with van der Waals surface area (Å²) in [6.45, 7) is 19.3. The fourth-order valence-electron chi connectivity index (χ4n) is 18.4. The topological polar surface area (TPSA) is 303 Å². The molecule has 0 aliphatic carbocycles. The van der Waals surface area contributed by atoms with Crippen LogP contribution >= 0.6 is 0 Å². The monoisotopic (exact) mass is 1710 g/mol. The predicted molar refractivity (Wildman–Crippen MR) is 501 cm³/mol. The third kappa shape index (κ3) is 19.1. The molecule has 4 aliphatic heterocycles. The van der Waals surface area contributed by atoms with Gasteiger partial charge in [0.15, 0.2) is 23.3 Å². The van der Waals surface area contributed by atoms with Crippen molar-refractivity contribution in [2.75, 3.05) is 100 Å². The van der Waals surface area contributed by atoms with Crippen LogP contribution in [0.3, 0.4) is 0 Å². The second-order valence-corrected chi connectivity index (χ2v) is 34.1. The van der Waals surface area contributed by atoms with Crippen molar-refractivity contribution in [1.82, 2.24) is 140 Å². The van der Waals surface area contributed by atoms with Crippen molar-refractivity contribution in [3.8, 4) is 45.6 Å². The van der Waals surface area contributed by atoms with Crippen molar-refractivity contribution in [3.05, 3.63) is 241 Å². The van der Waals surface area contributed by atoms with E-state index in [1.807, 2.05) is 104 Å². The van der Waals surface area contributed by atoms with Gasteiger partial charge in [0.05, 0.1) is 45.6 Å². The highest BCUT2D eigenvalue weighted by atomic mass is 15.3. The van der Waals surface area contributed by atoms with Crippen LogP contribution in [-0.4, -0.2) is 245 Å². The highest BCUT2D eigenvalue weighted by molar-refractivity contribution is 6.03. The van der Waals surface area contributed by atoms with Crippen molar-refractivity contribution < 1.29 is 0 Å². The minimum Gasteiger partial charge on any atom is -0.354 e. The molecule has 0 bridgehead atoms. The Kier molecular flexibility index (Phi) is 26.7. The van der Waals surface area contributed by atoms with Gasteiger partial charge < -0.3 is 19.6 Å². The van der Waals surface area contributed by atoms with Gasteiger partial charge in [0.25, 0.3) is 0 Å². The van der Waals surface area contributed by atoms with E-state index in [-0.39, 0.29) is 0 Å². The van der Waals surface area contributed by atoms with Gasteiger partial charge in [-0.05, 0) is 155 Å². The van der Waals surface area contributed by atoms with E-state index >= 15 is 0 Å². The van der Waals surface area contributed by atoms with Crippen LogP contribution in [-0.2, 0) is 54.4 Å². The Morgan fingerprint density at radius 1 is 0.289 bits per heavy atom. The molecule has 32 nitrogen and oxygen atoms in total. The van der Waals surface area contributed by atoms with Crippen LogP contribution in [0.4, 0.5) is 23.3 Å². The zero-order valence-corrected chi connectivity index (χ0v) is 75.2. The smallest absolute Gasteiger partial charge is 0.159 e. The Balaban J connectivity index is 0.000000120. The molecule has 656 valence electrons. The molecule has 16 heterocycles. The van der Waals surface area contributed by atoms with E-state index in [1.165, 1.54) is 16.7 Å². The lowest BCUT2D eigenvalue weighted by Gasteiger charge is -2.37. The van der Waals surface area contributed by atoms with Crippen molar-refractivity contribution in [3.63, 3.8) is 0 Å². The van der Waals surface area contributed by atoms with Gasteiger partial charge in [0.1, 0.15) is 29.1 Å². The van der Waals surface area contributed by atoms with Gasteiger partial charge in [-0.1, -0.05) is 97.1 Å². The first-order valence-corrected chi connectivity index (χ1v) is 44.3. The molecule has 0 atom stereocenters. The molecule has 4 saturated heterocycles. The molecule has 4 fully saturated rings. The number of anilines is 4. The molecule has 0 saturated carbocycles. The molecule has 12 aromatic heterocycles. The summed E-state index contributed by atoms with van der Waals surface area (Å²) in [4.78, 5) is 36.6. The van der Waals surface area contributed by atoms with E-state index in [0.717, 1.165) is 270 Å². The number of rotatable bonds is 20. The van der Waals surface area contributed by atoms with Crippen molar-refractivity contribution in [2.45, 2.75) is 129 Å². The van der Waals surface area contributed by atoms with Gasteiger partial charge in [-0.2, -0.15) is 40.8 Å². The molecule has 4 aromatic carbocycles. The maximum absolute atomic E-state index is 4.68. The summed E-state index contributed by atoms with van der Waals surface area (Å²) in [6.07, 6.45) is 26.4. The van der Waals surface area contributed by atoms with Crippen LogP contribution < -0.4 is 19.6 Å². The average molecular weight is 1710 g/mol. The number of piperidine rings is 4. The molecular weight excluding hydrogens is 1600 g/mol. The highest BCUT2D eigenvalue weighted by Gasteiger charge is 2.32. The molecule has 0 spiro atoms. The SMILES string of the molecule is Cc1ccnnc1CN(C)C1CCN(c2nnc(-c3ccnn3C)c3ccccc23)CC1.Cc1nccnc1CN(C)C1CCN(c2nnc(-c3ccnn3C)c3ccccc23)CC1.Cc1ncncc1CN(C)C1CCN(c2nnc(-c3ccnn3C)c3ccccc23)CC1.Cc1nnccc1CN(C)C1CCN(c2nnc(-c3ccnn3C)c3ccccc23)CC1. The van der Waals surface area contributed by atoms with Crippen molar-refractivity contribution in [1.29, 1.82) is 0 Å². The molecule has 0 radical (unpaired) electrons. The fourth-order valence-corrected chi connectivity index (χ4v) is 18.4. The van der Waals surface area contributed by atoms with Gasteiger partial charge in [0.2, 0.25) is 0 Å². The van der Waals surface area contributed by atoms with Crippen molar-refractivity contribution >= 4 is 66.4 Å². The molecule has 0 N–H and O–H groups in total. The summed E-state index contributed by atoms with van der Waals surface area (Å²) in [5.41, 5.74) is 16.2. The number of hydrogen-bond donors (Lipinski definition) is 0. The minimum absolute atomic E-state index is 0.514. The zero-order chi connectivity index (χ0) is 88.3. The Morgan fingerprint density at radius 3 is 0.938 bits per heavy atom. The quantitative estimate of drug-likeness (QED) is 0.0684. The summed E-state index contributed by atoms with van der Waals surface area (Å²) in [6, 6.07) is 47.7. The van der Waals surface area contributed by atoms with E-state index in [9.17, 15) is 0 Å². The van der Waals surface area contributed by atoms with E-state index in [0.29, 0.717) is 24.2 Å². The molecule has 0 amide bonds. The first-order valence-electron chi connectivity index (χ1n) is 44.3. The molecule has 32 heteroatoms. The third-order valence-electron chi connectivity index (χ3n) is 26.1. The summed E-state index contributed by atoms with van der Waals surface area (Å²) >= 11 is 0. The van der Waals surface area contributed by atoms with Crippen molar-refractivity contribution in [2.24, 2.45) is 28.2 Å². The molecular formula is C96H112N32.